The molecule has 5 heteroatoms. The summed E-state index contributed by atoms with van der Waals surface area (Å²) < 4.78 is 0. The highest BCUT2D eigenvalue weighted by Gasteiger charge is 2.36. The molecule has 1 N–H and O–H groups in total. The van der Waals surface area contributed by atoms with Gasteiger partial charge >= 0.3 is 6.03 Å². The van der Waals surface area contributed by atoms with Gasteiger partial charge in [0.2, 0.25) is 0 Å². The van der Waals surface area contributed by atoms with E-state index in [2.05, 4.69) is 17.2 Å². The van der Waals surface area contributed by atoms with Crippen LogP contribution in [0.5, 0.6) is 0 Å². The predicted octanol–water partition coefficient (Wildman–Crippen LogP) is 3.34. The Morgan fingerprint density at radius 1 is 1.50 bits per heavy atom. The third kappa shape index (κ3) is 3.14. The van der Waals surface area contributed by atoms with Gasteiger partial charge in [0.25, 0.3) is 0 Å². The van der Waals surface area contributed by atoms with Gasteiger partial charge in [0, 0.05) is 24.7 Å². The Morgan fingerprint density at radius 2 is 2.25 bits per heavy atom. The fourth-order valence-electron chi connectivity index (χ4n) is 2.72. The van der Waals surface area contributed by atoms with Crippen molar-refractivity contribution >= 4 is 17.4 Å². The molecule has 0 aromatic carbocycles. The summed E-state index contributed by atoms with van der Waals surface area (Å²) in [7, 11) is 1.91. The highest BCUT2D eigenvalue weighted by Crippen LogP contribution is 2.42. The van der Waals surface area contributed by atoms with Gasteiger partial charge in [0.05, 0.1) is 6.04 Å². The molecule has 0 spiro atoms. The smallest absolute Gasteiger partial charge is 0.317 e. The minimum atomic E-state index is 0.0571. The summed E-state index contributed by atoms with van der Waals surface area (Å²) in [4.78, 5) is 19.9. The van der Waals surface area contributed by atoms with E-state index in [1.807, 2.05) is 18.1 Å². The number of aryl methyl sites for hydroxylation is 1. The lowest BCUT2D eigenvalue weighted by Gasteiger charge is -2.31. The van der Waals surface area contributed by atoms with Crippen LogP contribution in [0.25, 0.3) is 0 Å². The molecule has 1 unspecified atom stereocenters. The molecule has 0 saturated heterocycles. The zero-order valence-electron chi connectivity index (χ0n) is 12.3. The zero-order valence-corrected chi connectivity index (χ0v) is 13.1. The molecule has 2 aliphatic carbocycles. The summed E-state index contributed by atoms with van der Waals surface area (Å²) in [5.41, 5.74) is 0. The van der Waals surface area contributed by atoms with Crippen LogP contribution in [0, 0.1) is 18.8 Å². The Balaban J connectivity index is 1.59. The van der Waals surface area contributed by atoms with Gasteiger partial charge in [-0.05, 0) is 44.4 Å². The molecule has 3 rings (SSSR count). The van der Waals surface area contributed by atoms with E-state index in [4.69, 9.17) is 0 Å². The Labute approximate surface area is 124 Å². The highest BCUT2D eigenvalue weighted by molar-refractivity contribution is 7.11. The lowest BCUT2D eigenvalue weighted by atomic mass is 9.85. The van der Waals surface area contributed by atoms with Gasteiger partial charge < -0.3 is 10.2 Å². The van der Waals surface area contributed by atoms with Crippen LogP contribution in [0.3, 0.4) is 0 Å². The van der Waals surface area contributed by atoms with Gasteiger partial charge in [0.1, 0.15) is 5.01 Å². The second kappa shape index (κ2) is 5.72. The second-order valence-corrected chi connectivity index (χ2v) is 7.52. The summed E-state index contributed by atoms with van der Waals surface area (Å²) >= 11 is 1.70. The van der Waals surface area contributed by atoms with Crippen LogP contribution in [-0.4, -0.2) is 29.5 Å². The first-order valence-electron chi connectivity index (χ1n) is 7.57. The summed E-state index contributed by atoms with van der Waals surface area (Å²) in [5.74, 6) is 1.30. The number of urea groups is 1. The summed E-state index contributed by atoms with van der Waals surface area (Å²) in [6.45, 7) is 2.95. The molecule has 2 aliphatic rings. The standard InChI is InChI=1S/C15H23N3OS/c1-10-8-16-14(20-10)13(12-6-7-12)17-15(19)18(2)9-11-4-3-5-11/h8,11-13H,3-7,9H2,1-2H3,(H,17,19). The van der Waals surface area contributed by atoms with Gasteiger partial charge in [0.15, 0.2) is 0 Å². The van der Waals surface area contributed by atoms with Crippen molar-refractivity contribution in [2.24, 2.45) is 11.8 Å². The van der Waals surface area contributed by atoms with Crippen molar-refractivity contribution in [1.29, 1.82) is 0 Å². The Kier molecular flexibility index (Phi) is 3.96. The maximum absolute atomic E-state index is 12.3. The third-order valence-corrected chi connectivity index (χ3v) is 5.38. The molecule has 0 bridgehead atoms. The van der Waals surface area contributed by atoms with Crippen molar-refractivity contribution in [2.75, 3.05) is 13.6 Å². The molecule has 1 aromatic heterocycles. The van der Waals surface area contributed by atoms with Crippen molar-refractivity contribution in [3.05, 3.63) is 16.1 Å². The van der Waals surface area contributed by atoms with E-state index in [9.17, 15) is 4.79 Å². The van der Waals surface area contributed by atoms with E-state index in [0.717, 1.165) is 11.6 Å². The summed E-state index contributed by atoms with van der Waals surface area (Å²) in [6, 6.07) is 0.173. The normalized spacial score (nSPS) is 20.3. The number of carbonyl (C=O) groups is 1. The van der Waals surface area contributed by atoms with Gasteiger partial charge in [-0.3, -0.25) is 0 Å². The molecule has 1 atom stereocenters. The SMILES string of the molecule is Cc1cnc(C(NC(=O)N(C)CC2CCC2)C2CC2)s1. The van der Waals surface area contributed by atoms with Crippen LogP contribution in [-0.2, 0) is 0 Å². The largest absolute Gasteiger partial charge is 0.328 e. The molecule has 2 amide bonds. The Morgan fingerprint density at radius 3 is 2.75 bits per heavy atom. The molecule has 2 saturated carbocycles. The molecular weight excluding hydrogens is 270 g/mol. The number of amides is 2. The van der Waals surface area contributed by atoms with Crippen LogP contribution >= 0.6 is 11.3 Å². The molecule has 20 heavy (non-hydrogen) atoms. The fraction of sp³-hybridized carbons (Fsp3) is 0.733. The number of rotatable bonds is 5. The maximum atomic E-state index is 12.3. The zero-order chi connectivity index (χ0) is 14.1. The quantitative estimate of drug-likeness (QED) is 0.905. The van der Waals surface area contributed by atoms with Crippen LogP contribution in [0.15, 0.2) is 6.20 Å². The van der Waals surface area contributed by atoms with E-state index in [1.165, 1.54) is 37.0 Å². The van der Waals surface area contributed by atoms with Gasteiger partial charge in [-0.2, -0.15) is 0 Å². The minimum absolute atomic E-state index is 0.0571. The molecule has 4 nitrogen and oxygen atoms in total. The molecule has 110 valence electrons. The fourth-order valence-corrected chi connectivity index (χ4v) is 3.63. The molecular formula is C15H23N3OS. The topological polar surface area (TPSA) is 45.2 Å². The van der Waals surface area contributed by atoms with E-state index in [0.29, 0.717) is 11.8 Å². The lowest BCUT2D eigenvalue weighted by Crippen LogP contribution is -2.43. The number of carbonyl (C=O) groups excluding carboxylic acids is 1. The van der Waals surface area contributed by atoms with Crippen LogP contribution < -0.4 is 5.32 Å². The van der Waals surface area contributed by atoms with Gasteiger partial charge in [-0.15, -0.1) is 11.3 Å². The van der Waals surface area contributed by atoms with Crippen molar-refractivity contribution in [1.82, 2.24) is 15.2 Å². The number of nitrogens with zero attached hydrogens (tertiary/aromatic N) is 2. The number of hydrogen-bond donors (Lipinski definition) is 1. The van der Waals surface area contributed by atoms with Crippen LogP contribution in [0.1, 0.15) is 48.0 Å². The van der Waals surface area contributed by atoms with Crippen molar-refractivity contribution < 1.29 is 4.79 Å². The summed E-state index contributed by atoms with van der Waals surface area (Å²) in [6.07, 6.45) is 8.18. The van der Waals surface area contributed by atoms with E-state index >= 15 is 0 Å². The first kappa shape index (κ1) is 13.9. The van der Waals surface area contributed by atoms with Gasteiger partial charge in [-0.25, -0.2) is 9.78 Å². The summed E-state index contributed by atoms with van der Waals surface area (Å²) in [5, 5.41) is 4.26. The number of thiazole rings is 1. The highest BCUT2D eigenvalue weighted by atomic mass is 32.1. The van der Waals surface area contributed by atoms with Crippen molar-refractivity contribution in [2.45, 2.75) is 45.1 Å². The minimum Gasteiger partial charge on any atom is -0.328 e. The van der Waals surface area contributed by atoms with Gasteiger partial charge in [-0.1, -0.05) is 6.42 Å². The molecule has 2 fully saturated rings. The first-order valence-corrected chi connectivity index (χ1v) is 8.39. The van der Waals surface area contributed by atoms with Crippen LogP contribution in [0.2, 0.25) is 0 Å². The number of nitrogens with one attached hydrogen (secondary N) is 1. The monoisotopic (exact) mass is 293 g/mol. The maximum Gasteiger partial charge on any atom is 0.317 e. The number of hydrogen-bond acceptors (Lipinski definition) is 3. The molecule has 0 aliphatic heterocycles. The van der Waals surface area contributed by atoms with Crippen molar-refractivity contribution in [3.8, 4) is 0 Å². The van der Waals surface area contributed by atoms with E-state index < -0.39 is 0 Å². The first-order chi connectivity index (χ1) is 9.63. The second-order valence-electron chi connectivity index (χ2n) is 6.25. The third-order valence-electron chi connectivity index (χ3n) is 4.38. The van der Waals surface area contributed by atoms with Crippen molar-refractivity contribution in [3.63, 3.8) is 0 Å². The van der Waals surface area contributed by atoms with E-state index in [-0.39, 0.29) is 12.1 Å². The Hall–Kier alpha value is -1.10. The predicted molar refractivity (Wildman–Crippen MR) is 80.8 cm³/mol. The molecule has 1 heterocycles. The molecule has 0 radical (unpaired) electrons. The Bertz CT molecular complexity index is 479. The number of aromatic nitrogens is 1. The molecule has 1 aromatic rings. The van der Waals surface area contributed by atoms with Crippen LogP contribution in [0.4, 0.5) is 4.79 Å². The average molecular weight is 293 g/mol. The lowest BCUT2D eigenvalue weighted by molar-refractivity contribution is 0.178. The average Bonchev–Trinajstić information content (AvgIpc) is 3.12. The van der Waals surface area contributed by atoms with E-state index in [1.54, 1.807) is 11.3 Å².